The fraction of sp³-hybridized carbons (Fsp3) is 0.273. The number of pyridine rings is 1. The molecule has 0 unspecified atom stereocenters. The van der Waals surface area contributed by atoms with Crippen LogP contribution in [0.5, 0.6) is 0 Å². The summed E-state index contributed by atoms with van der Waals surface area (Å²) in [7, 11) is 1.66. The summed E-state index contributed by atoms with van der Waals surface area (Å²) in [5.41, 5.74) is 7.27. The molecule has 2 aromatic rings. The van der Waals surface area contributed by atoms with Gasteiger partial charge in [-0.3, -0.25) is 4.68 Å². The van der Waals surface area contributed by atoms with Crippen LogP contribution in [0.2, 0.25) is 0 Å². The average molecular weight is 312 g/mol. The van der Waals surface area contributed by atoms with E-state index >= 15 is 0 Å². The smallest absolute Gasteiger partial charge is 0.153 e. The summed E-state index contributed by atoms with van der Waals surface area (Å²) in [5.74, 6) is 0.615. The molecule has 0 aliphatic rings. The number of nitrogens with one attached hydrogen (secondary N) is 1. The van der Waals surface area contributed by atoms with E-state index in [1.54, 1.807) is 30.3 Å². The zero-order chi connectivity index (χ0) is 13.0. The predicted molar refractivity (Wildman–Crippen MR) is 73.7 cm³/mol. The molecule has 0 saturated heterocycles. The van der Waals surface area contributed by atoms with E-state index in [0.29, 0.717) is 24.7 Å². The van der Waals surface area contributed by atoms with E-state index in [2.05, 4.69) is 31.3 Å². The summed E-state index contributed by atoms with van der Waals surface area (Å²) in [6, 6.07) is 1.80. The topological polar surface area (TPSA) is 78.0 Å². The molecule has 0 spiro atoms. The number of aromatic nitrogens is 3. The van der Waals surface area contributed by atoms with Gasteiger partial charge < -0.3 is 15.8 Å². The number of ether oxygens (including phenoxy) is 1. The minimum Gasteiger partial charge on any atom is -0.396 e. The average Bonchev–Trinajstić information content (AvgIpc) is 2.78. The van der Waals surface area contributed by atoms with Gasteiger partial charge in [-0.1, -0.05) is 0 Å². The van der Waals surface area contributed by atoms with Crippen molar-refractivity contribution >= 4 is 33.1 Å². The second-order valence-corrected chi connectivity index (χ2v) is 4.62. The number of nitrogens with two attached hydrogens (primary N) is 1. The van der Waals surface area contributed by atoms with Gasteiger partial charge in [0.15, 0.2) is 5.82 Å². The summed E-state index contributed by atoms with van der Waals surface area (Å²) in [6.45, 7) is 1.33. The minimum atomic E-state index is 0.578. The number of nitrogens with zero attached hydrogens (tertiary/aromatic N) is 3. The first kappa shape index (κ1) is 12.8. The van der Waals surface area contributed by atoms with Gasteiger partial charge >= 0.3 is 0 Å². The maximum atomic E-state index is 5.85. The molecule has 0 amide bonds. The van der Waals surface area contributed by atoms with Crippen molar-refractivity contribution in [1.82, 2.24) is 14.8 Å². The Kier molecular flexibility index (Phi) is 4.16. The van der Waals surface area contributed by atoms with Crippen LogP contribution in [0.1, 0.15) is 0 Å². The lowest BCUT2D eigenvalue weighted by Crippen LogP contribution is -2.04. The van der Waals surface area contributed by atoms with Gasteiger partial charge in [-0.05, 0) is 22.0 Å². The van der Waals surface area contributed by atoms with E-state index in [1.165, 1.54) is 0 Å². The highest BCUT2D eigenvalue weighted by atomic mass is 79.9. The lowest BCUT2D eigenvalue weighted by atomic mass is 10.4. The molecule has 0 aliphatic carbocycles. The largest absolute Gasteiger partial charge is 0.396 e. The third-order valence-electron chi connectivity index (χ3n) is 2.30. The van der Waals surface area contributed by atoms with Gasteiger partial charge in [0.1, 0.15) is 0 Å². The molecule has 0 radical (unpaired) electrons. The molecule has 0 bridgehead atoms. The molecule has 0 aliphatic heterocycles. The van der Waals surface area contributed by atoms with Gasteiger partial charge in [0.05, 0.1) is 30.7 Å². The lowest BCUT2D eigenvalue weighted by Gasteiger charge is -2.05. The third-order valence-corrected chi connectivity index (χ3v) is 2.74. The van der Waals surface area contributed by atoms with E-state index < -0.39 is 0 Å². The summed E-state index contributed by atoms with van der Waals surface area (Å²) in [4.78, 5) is 4.20. The van der Waals surface area contributed by atoms with E-state index in [0.717, 1.165) is 10.2 Å². The lowest BCUT2D eigenvalue weighted by molar-refractivity contribution is 0.183. The molecule has 0 aromatic carbocycles. The standard InChI is InChI=1S/C11H14BrN5O/c1-18-3-2-17-7-9(6-15-17)16-11-10(13)4-8(12)5-14-11/h4-7H,2-3,13H2,1H3,(H,14,16). The highest BCUT2D eigenvalue weighted by Crippen LogP contribution is 2.23. The van der Waals surface area contributed by atoms with Crippen molar-refractivity contribution in [3.05, 3.63) is 29.1 Å². The van der Waals surface area contributed by atoms with Crippen LogP contribution in [-0.2, 0) is 11.3 Å². The number of rotatable bonds is 5. The van der Waals surface area contributed by atoms with Crippen LogP contribution in [0.3, 0.4) is 0 Å². The number of nitrogen functional groups attached to an aromatic ring is 1. The van der Waals surface area contributed by atoms with Crippen molar-refractivity contribution in [2.75, 3.05) is 24.8 Å². The molecular formula is C11H14BrN5O. The zero-order valence-corrected chi connectivity index (χ0v) is 11.5. The van der Waals surface area contributed by atoms with Gasteiger partial charge in [0.2, 0.25) is 0 Å². The molecule has 6 nitrogen and oxygen atoms in total. The van der Waals surface area contributed by atoms with Crippen molar-refractivity contribution in [1.29, 1.82) is 0 Å². The molecule has 7 heteroatoms. The van der Waals surface area contributed by atoms with Gasteiger partial charge in [0, 0.05) is 24.0 Å². The summed E-state index contributed by atoms with van der Waals surface area (Å²) in [5, 5.41) is 7.31. The number of hydrogen-bond acceptors (Lipinski definition) is 5. The quantitative estimate of drug-likeness (QED) is 0.883. The molecular weight excluding hydrogens is 298 g/mol. The Bertz CT molecular complexity index is 528. The normalized spacial score (nSPS) is 10.6. The van der Waals surface area contributed by atoms with Crippen molar-refractivity contribution in [3.8, 4) is 0 Å². The maximum absolute atomic E-state index is 5.85. The third kappa shape index (κ3) is 3.21. The Balaban J connectivity index is 2.06. The van der Waals surface area contributed by atoms with Crippen LogP contribution in [-0.4, -0.2) is 28.5 Å². The number of halogens is 1. The molecule has 2 heterocycles. The van der Waals surface area contributed by atoms with E-state index in [1.807, 2.05) is 6.20 Å². The van der Waals surface area contributed by atoms with Crippen LogP contribution < -0.4 is 11.1 Å². The molecule has 18 heavy (non-hydrogen) atoms. The first-order valence-electron chi connectivity index (χ1n) is 5.38. The van der Waals surface area contributed by atoms with E-state index in [-0.39, 0.29) is 0 Å². The first-order valence-corrected chi connectivity index (χ1v) is 6.18. The number of anilines is 3. The Morgan fingerprint density at radius 1 is 1.50 bits per heavy atom. The second kappa shape index (κ2) is 5.83. The first-order chi connectivity index (χ1) is 8.69. The molecule has 2 rings (SSSR count). The number of hydrogen-bond donors (Lipinski definition) is 2. The summed E-state index contributed by atoms with van der Waals surface area (Å²) >= 11 is 3.31. The van der Waals surface area contributed by atoms with E-state index in [4.69, 9.17) is 10.5 Å². The Labute approximate surface area is 113 Å². The maximum Gasteiger partial charge on any atom is 0.153 e. The van der Waals surface area contributed by atoms with Crippen LogP contribution in [0.4, 0.5) is 17.2 Å². The summed E-state index contributed by atoms with van der Waals surface area (Å²) < 4.78 is 7.63. The molecule has 3 N–H and O–H groups in total. The molecule has 0 fully saturated rings. The van der Waals surface area contributed by atoms with Gasteiger partial charge in [-0.25, -0.2) is 4.98 Å². The van der Waals surface area contributed by atoms with Gasteiger partial charge in [0.25, 0.3) is 0 Å². The van der Waals surface area contributed by atoms with E-state index in [9.17, 15) is 0 Å². The molecule has 96 valence electrons. The Morgan fingerprint density at radius 3 is 3.06 bits per heavy atom. The highest BCUT2D eigenvalue weighted by Gasteiger charge is 2.04. The fourth-order valence-corrected chi connectivity index (χ4v) is 1.78. The Morgan fingerprint density at radius 2 is 2.33 bits per heavy atom. The van der Waals surface area contributed by atoms with Crippen LogP contribution in [0.25, 0.3) is 0 Å². The second-order valence-electron chi connectivity index (χ2n) is 3.70. The van der Waals surface area contributed by atoms with Crippen molar-refractivity contribution in [3.63, 3.8) is 0 Å². The monoisotopic (exact) mass is 311 g/mol. The predicted octanol–water partition coefficient (Wildman–Crippen LogP) is 2.01. The van der Waals surface area contributed by atoms with Crippen LogP contribution in [0.15, 0.2) is 29.1 Å². The van der Waals surface area contributed by atoms with Crippen LogP contribution >= 0.6 is 15.9 Å². The zero-order valence-electron chi connectivity index (χ0n) is 9.93. The Hall–Kier alpha value is -1.60. The SMILES string of the molecule is COCCn1cc(Nc2ncc(Br)cc2N)cn1. The van der Waals surface area contributed by atoms with Gasteiger partial charge in [-0.15, -0.1) is 0 Å². The van der Waals surface area contributed by atoms with Crippen molar-refractivity contribution in [2.24, 2.45) is 0 Å². The van der Waals surface area contributed by atoms with Crippen molar-refractivity contribution < 1.29 is 4.74 Å². The molecule has 2 aromatic heterocycles. The fourth-order valence-electron chi connectivity index (χ4n) is 1.43. The molecule has 0 atom stereocenters. The number of methoxy groups -OCH3 is 1. The van der Waals surface area contributed by atoms with Crippen LogP contribution in [0, 0.1) is 0 Å². The van der Waals surface area contributed by atoms with Gasteiger partial charge in [-0.2, -0.15) is 5.10 Å². The molecule has 0 saturated carbocycles. The summed E-state index contributed by atoms with van der Waals surface area (Å²) in [6.07, 6.45) is 5.29. The van der Waals surface area contributed by atoms with Crippen molar-refractivity contribution in [2.45, 2.75) is 6.54 Å². The highest BCUT2D eigenvalue weighted by molar-refractivity contribution is 9.10. The minimum absolute atomic E-state index is 0.578.